The van der Waals surface area contributed by atoms with Crippen molar-refractivity contribution in [1.29, 1.82) is 0 Å². The highest BCUT2D eigenvalue weighted by atomic mass is 32.2. The number of rotatable bonds is 5. The van der Waals surface area contributed by atoms with E-state index < -0.39 is 0 Å². The predicted octanol–water partition coefficient (Wildman–Crippen LogP) is 2.38. The van der Waals surface area contributed by atoms with Crippen LogP contribution in [0.4, 0.5) is 0 Å². The fourth-order valence-electron chi connectivity index (χ4n) is 1.97. The highest BCUT2D eigenvalue weighted by molar-refractivity contribution is 7.99. The maximum Gasteiger partial charge on any atom is 0.307 e. The van der Waals surface area contributed by atoms with Crippen LogP contribution >= 0.6 is 11.8 Å². The molecule has 0 fully saturated rings. The highest BCUT2D eigenvalue weighted by Gasteiger charge is 2.10. The first-order valence-electron chi connectivity index (χ1n) is 6.34. The Morgan fingerprint density at radius 3 is 3.22 bits per heavy atom. The van der Waals surface area contributed by atoms with Gasteiger partial charge in [-0.1, -0.05) is 12.1 Å². The third kappa shape index (κ3) is 3.75. The van der Waals surface area contributed by atoms with Crippen LogP contribution in [-0.4, -0.2) is 25.3 Å². The Balaban J connectivity index is 1.88. The van der Waals surface area contributed by atoms with Gasteiger partial charge in [0, 0.05) is 11.4 Å². The summed E-state index contributed by atoms with van der Waals surface area (Å²) in [7, 11) is 1.83. The van der Waals surface area contributed by atoms with Gasteiger partial charge in [0.1, 0.15) is 6.61 Å². The van der Waals surface area contributed by atoms with Gasteiger partial charge in [0.15, 0.2) is 0 Å². The predicted molar refractivity (Wildman–Crippen MR) is 73.8 cm³/mol. The minimum absolute atomic E-state index is 0.142. The van der Waals surface area contributed by atoms with Gasteiger partial charge < -0.3 is 10.1 Å². The second-order valence-corrected chi connectivity index (χ2v) is 5.55. The van der Waals surface area contributed by atoms with Crippen LogP contribution < -0.4 is 5.32 Å². The average Bonchev–Trinajstić information content (AvgIpc) is 2.42. The molecule has 0 bridgehead atoms. The molecule has 1 heterocycles. The van der Waals surface area contributed by atoms with Crippen molar-refractivity contribution in [2.75, 3.05) is 19.3 Å². The van der Waals surface area contributed by atoms with Crippen molar-refractivity contribution < 1.29 is 9.53 Å². The van der Waals surface area contributed by atoms with E-state index in [1.165, 1.54) is 22.6 Å². The van der Waals surface area contributed by atoms with Gasteiger partial charge in [-0.25, -0.2) is 0 Å². The Morgan fingerprint density at radius 2 is 2.39 bits per heavy atom. The number of carbonyl (C=O) groups is 1. The van der Waals surface area contributed by atoms with Crippen LogP contribution in [-0.2, 0) is 22.6 Å². The summed E-state index contributed by atoms with van der Waals surface area (Å²) >= 11 is 1.92. The van der Waals surface area contributed by atoms with E-state index in [4.69, 9.17) is 4.74 Å². The van der Waals surface area contributed by atoms with Crippen molar-refractivity contribution in [3.63, 3.8) is 0 Å². The summed E-state index contributed by atoms with van der Waals surface area (Å²) in [6.07, 6.45) is 2.81. The van der Waals surface area contributed by atoms with Crippen molar-refractivity contribution in [2.24, 2.45) is 0 Å². The summed E-state index contributed by atoms with van der Waals surface area (Å²) in [6.45, 7) is 1.06. The molecule has 0 unspecified atom stereocenters. The maximum atomic E-state index is 11.4. The summed E-state index contributed by atoms with van der Waals surface area (Å²) in [6, 6.07) is 6.38. The third-order valence-electron chi connectivity index (χ3n) is 2.95. The highest BCUT2D eigenvalue weighted by Crippen LogP contribution is 2.30. The van der Waals surface area contributed by atoms with E-state index in [1.807, 2.05) is 18.8 Å². The van der Waals surface area contributed by atoms with Gasteiger partial charge in [-0.3, -0.25) is 4.79 Å². The Kier molecular flexibility index (Phi) is 5.08. The molecule has 2 rings (SSSR count). The summed E-state index contributed by atoms with van der Waals surface area (Å²) in [5.41, 5.74) is 2.49. The Bertz CT molecular complexity index is 420. The largest absolute Gasteiger partial charge is 0.461 e. The molecular weight excluding hydrogens is 246 g/mol. The lowest BCUT2D eigenvalue weighted by Gasteiger charge is -2.16. The molecule has 0 saturated carbocycles. The quantitative estimate of drug-likeness (QED) is 0.830. The lowest BCUT2D eigenvalue weighted by molar-refractivity contribution is -0.144. The molecule has 0 spiro atoms. The molecule has 1 aliphatic rings. The molecule has 0 aromatic heterocycles. The number of thioether (sulfide) groups is 1. The molecule has 0 saturated heterocycles. The maximum absolute atomic E-state index is 11.4. The lowest BCUT2D eigenvalue weighted by atomic mass is 10.1. The van der Waals surface area contributed by atoms with Crippen molar-refractivity contribution in [3.8, 4) is 0 Å². The lowest BCUT2D eigenvalue weighted by Crippen LogP contribution is -2.15. The minimum atomic E-state index is -0.142. The van der Waals surface area contributed by atoms with E-state index in [2.05, 4.69) is 23.5 Å². The molecule has 0 atom stereocenters. The van der Waals surface area contributed by atoms with Gasteiger partial charge in [0.2, 0.25) is 0 Å². The zero-order chi connectivity index (χ0) is 12.8. The van der Waals surface area contributed by atoms with Crippen LogP contribution in [0.1, 0.15) is 24.0 Å². The molecule has 1 aromatic carbocycles. The first kappa shape index (κ1) is 13.4. The Labute approximate surface area is 112 Å². The van der Waals surface area contributed by atoms with E-state index in [9.17, 15) is 4.79 Å². The van der Waals surface area contributed by atoms with Crippen molar-refractivity contribution in [1.82, 2.24) is 5.32 Å². The molecule has 3 nitrogen and oxygen atoms in total. The van der Waals surface area contributed by atoms with Crippen molar-refractivity contribution in [2.45, 2.75) is 30.8 Å². The molecular formula is C14H19NO2S. The van der Waals surface area contributed by atoms with Crippen LogP contribution in [0.25, 0.3) is 0 Å². The van der Waals surface area contributed by atoms with Gasteiger partial charge >= 0.3 is 5.97 Å². The van der Waals surface area contributed by atoms with Crippen LogP contribution in [0, 0.1) is 0 Å². The van der Waals surface area contributed by atoms with Gasteiger partial charge in [-0.15, -0.1) is 11.8 Å². The third-order valence-corrected chi connectivity index (χ3v) is 4.15. The molecule has 1 N–H and O–H groups in total. The number of carbonyl (C=O) groups excluding carboxylic acids is 1. The Hall–Kier alpha value is -1.00. The molecule has 0 aliphatic carbocycles. The van der Waals surface area contributed by atoms with Crippen LogP contribution in [0.3, 0.4) is 0 Å². The number of hydrogen-bond donors (Lipinski definition) is 1. The summed E-state index contributed by atoms with van der Waals surface area (Å²) in [5, 5.41) is 2.93. The number of esters is 1. The fourth-order valence-corrected chi connectivity index (χ4v) is 2.99. The molecule has 1 aliphatic heterocycles. The smallest absolute Gasteiger partial charge is 0.307 e. The molecule has 98 valence electrons. The molecule has 4 heteroatoms. The number of ether oxygens (including phenoxy) is 1. The second kappa shape index (κ2) is 6.81. The Morgan fingerprint density at radius 1 is 1.50 bits per heavy atom. The van der Waals surface area contributed by atoms with E-state index in [-0.39, 0.29) is 5.97 Å². The van der Waals surface area contributed by atoms with Gasteiger partial charge in [-0.2, -0.15) is 0 Å². The van der Waals surface area contributed by atoms with Crippen LogP contribution in [0.5, 0.6) is 0 Å². The number of aryl methyl sites for hydroxylation is 1. The average molecular weight is 265 g/mol. The first-order chi connectivity index (χ1) is 8.79. The second-order valence-electron chi connectivity index (χ2n) is 4.41. The van der Waals surface area contributed by atoms with Gasteiger partial charge in [0.05, 0.1) is 6.42 Å². The van der Waals surface area contributed by atoms with E-state index in [0.29, 0.717) is 19.6 Å². The summed E-state index contributed by atoms with van der Waals surface area (Å²) < 4.78 is 5.24. The monoisotopic (exact) mass is 265 g/mol. The number of fused-ring (bicyclic) bond motifs is 1. The number of nitrogens with one attached hydrogen (secondary N) is 1. The SMILES string of the molecule is CNCCC(=O)OCc1ccc2c(c1)CCCS2. The zero-order valence-corrected chi connectivity index (χ0v) is 11.5. The van der Waals surface area contributed by atoms with Crippen molar-refractivity contribution in [3.05, 3.63) is 29.3 Å². The summed E-state index contributed by atoms with van der Waals surface area (Å²) in [5.74, 6) is 1.07. The van der Waals surface area contributed by atoms with Gasteiger partial charge in [-0.05, 0) is 42.8 Å². The van der Waals surface area contributed by atoms with Gasteiger partial charge in [0.25, 0.3) is 0 Å². The van der Waals surface area contributed by atoms with E-state index >= 15 is 0 Å². The van der Waals surface area contributed by atoms with Crippen LogP contribution in [0.15, 0.2) is 23.1 Å². The minimum Gasteiger partial charge on any atom is -0.461 e. The fraction of sp³-hybridized carbons (Fsp3) is 0.500. The molecule has 0 radical (unpaired) electrons. The van der Waals surface area contributed by atoms with E-state index in [0.717, 1.165) is 12.0 Å². The van der Waals surface area contributed by atoms with E-state index in [1.54, 1.807) is 0 Å². The number of benzene rings is 1. The standard InChI is InChI=1S/C14H19NO2S/c1-15-7-6-14(16)17-10-11-4-5-13-12(9-11)3-2-8-18-13/h4-5,9,15H,2-3,6-8,10H2,1H3. The normalized spacial score (nSPS) is 14.1. The van der Waals surface area contributed by atoms with Crippen LogP contribution in [0.2, 0.25) is 0 Å². The topological polar surface area (TPSA) is 38.3 Å². The molecule has 1 aromatic rings. The first-order valence-corrected chi connectivity index (χ1v) is 7.33. The molecule has 0 amide bonds. The zero-order valence-electron chi connectivity index (χ0n) is 10.7. The summed E-state index contributed by atoms with van der Waals surface area (Å²) in [4.78, 5) is 12.8. The number of hydrogen-bond acceptors (Lipinski definition) is 4. The molecule has 18 heavy (non-hydrogen) atoms. The van der Waals surface area contributed by atoms with Crippen molar-refractivity contribution >= 4 is 17.7 Å².